The fourth-order valence-corrected chi connectivity index (χ4v) is 1.73. The van der Waals surface area contributed by atoms with Crippen LogP contribution in [0.3, 0.4) is 0 Å². The van der Waals surface area contributed by atoms with Gasteiger partial charge >= 0.3 is 0 Å². The van der Waals surface area contributed by atoms with E-state index in [1.807, 2.05) is 0 Å². The lowest BCUT2D eigenvalue weighted by molar-refractivity contribution is -0.384. The molecular weight excluding hydrogens is 234 g/mol. The standard InChI is InChI=1S/C10H10ClNO4/c11-9-3-6(12(14)15)1-2-10(9)16-8-4-7(13)5-8/h1-3,7-8,13H,4-5H2. The van der Waals surface area contributed by atoms with E-state index in [0.29, 0.717) is 18.6 Å². The molecule has 2 rings (SSSR count). The number of non-ortho nitro benzene ring substituents is 1. The van der Waals surface area contributed by atoms with Crippen LogP contribution in [-0.4, -0.2) is 22.2 Å². The predicted octanol–water partition coefficient (Wildman–Crippen LogP) is 2.15. The molecule has 0 aliphatic heterocycles. The van der Waals surface area contributed by atoms with E-state index in [2.05, 4.69) is 0 Å². The Kier molecular flexibility index (Phi) is 2.98. The summed E-state index contributed by atoms with van der Waals surface area (Å²) in [5, 5.41) is 19.8. The third kappa shape index (κ3) is 2.25. The molecule has 0 spiro atoms. The monoisotopic (exact) mass is 243 g/mol. The lowest BCUT2D eigenvalue weighted by Crippen LogP contribution is -2.37. The summed E-state index contributed by atoms with van der Waals surface area (Å²) in [4.78, 5) is 9.96. The number of ether oxygens (including phenoxy) is 1. The molecular formula is C10H10ClNO4. The maximum absolute atomic E-state index is 10.5. The van der Waals surface area contributed by atoms with Crippen molar-refractivity contribution in [1.29, 1.82) is 0 Å². The highest BCUT2D eigenvalue weighted by molar-refractivity contribution is 6.32. The van der Waals surface area contributed by atoms with E-state index in [-0.39, 0.29) is 22.9 Å². The van der Waals surface area contributed by atoms with Gasteiger partial charge in [0.15, 0.2) is 0 Å². The normalized spacial score (nSPS) is 23.6. The minimum absolute atomic E-state index is 0.0473. The van der Waals surface area contributed by atoms with Crippen LogP contribution in [0.1, 0.15) is 12.8 Å². The summed E-state index contributed by atoms with van der Waals surface area (Å²) in [6, 6.07) is 4.08. The van der Waals surface area contributed by atoms with Crippen molar-refractivity contribution in [2.24, 2.45) is 0 Å². The number of nitro benzene ring substituents is 1. The summed E-state index contributed by atoms with van der Waals surface area (Å²) < 4.78 is 5.47. The average Bonchev–Trinajstić information content (AvgIpc) is 2.18. The maximum atomic E-state index is 10.5. The second-order valence-electron chi connectivity index (χ2n) is 3.74. The van der Waals surface area contributed by atoms with Gasteiger partial charge in [0, 0.05) is 25.0 Å². The van der Waals surface area contributed by atoms with Gasteiger partial charge < -0.3 is 9.84 Å². The van der Waals surface area contributed by atoms with Crippen molar-refractivity contribution in [1.82, 2.24) is 0 Å². The summed E-state index contributed by atoms with van der Waals surface area (Å²) in [7, 11) is 0. The van der Waals surface area contributed by atoms with Crippen molar-refractivity contribution < 1.29 is 14.8 Å². The van der Waals surface area contributed by atoms with E-state index in [1.54, 1.807) is 0 Å². The van der Waals surface area contributed by atoms with Crippen molar-refractivity contribution in [3.63, 3.8) is 0 Å². The SMILES string of the molecule is O=[N+]([O-])c1ccc(OC2CC(O)C2)c(Cl)c1. The van der Waals surface area contributed by atoms with Crippen molar-refractivity contribution >= 4 is 17.3 Å². The van der Waals surface area contributed by atoms with Gasteiger partial charge in [-0.1, -0.05) is 11.6 Å². The minimum Gasteiger partial charge on any atom is -0.489 e. The Morgan fingerprint density at radius 1 is 1.50 bits per heavy atom. The molecule has 1 saturated carbocycles. The second-order valence-corrected chi connectivity index (χ2v) is 4.14. The van der Waals surface area contributed by atoms with Crippen molar-refractivity contribution in [2.45, 2.75) is 25.0 Å². The molecule has 1 aromatic rings. The summed E-state index contributed by atoms with van der Waals surface area (Å²) >= 11 is 5.84. The molecule has 0 atom stereocenters. The number of aliphatic hydroxyl groups excluding tert-OH is 1. The molecule has 1 fully saturated rings. The lowest BCUT2D eigenvalue weighted by atomic mass is 9.92. The Bertz CT molecular complexity index is 417. The largest absolute Gasteiger partial charge is 0.489 e. The fourth-order valence-electron chi connectivity index (χ4n) is 1.51. The van der Waals surface area contributed by atoms with Gasteiger partial charge in [-0.15, -0.1) is 0 Å². The Morgan fingerprint density at radius 3 is 2.69 bits per heavy atom. The van der Waals surface area contributed by atoms with Gasteiger partial charge in [-0.25, -0.2) is 0 Å². The molecule has 1 aliphatic carbocycles. The zero-order valence-corrected chi connectivity index (χ0v) is 9.05. The van der Waals surface area contributed by atoms with Crippen LogP contribution in [-0.2, 0) is 0 Å². The topological polar surface area (TPSA) is 72.6 Å². The van der Waals surface area contributed by atoms with Gasteiger partial charge in [0.05, 0.1) is 16.0 Å². The maximum Gasteiger partial charge on any atom is 0.271 e. The van der Waals surface area contributed by atoms with E-state index in [0.717, 1.165) is 0 Å². The Balaban J connectivity index is 2.07. The molecule has 86 valence electrons. The molecule has 0 bridgehead atoms. The van der Waals surface area contributed by atoms with Crippen molar-refractivity contribution in [3.8, 4) is 5.75 Å². The zero-order valence-electron chi connectivity index (χ0n) is 8.30. The van der Waals surface area contributed by atoms with Crippen LogP contribution in [0.25, 0.3) is 0 Å². The van der Waals surface area contributed by atoms with E-state index in [9.17, 15) is 10.1 Å². The fraction of sp³-hybridized carbons (Fsp3) is 0.400. The van der Waals surface area contributed by atoms with Gasteiger partial charge in [-0.05, 0) is 6.07 Å². The third-order valence-corrected chi connectivity index (χ3v) is 2.79. The van der Waals surface area contributed by atoms with Gasteiger partial charge in [-0.3, -0.25) is 10.1 Å². The van der Waals surface area contributed by atoms with Crippen LogP contribution in [0, 0.1) is 10.1 Å². The Hall–Kier alpha value is -1.33. The summed E-state index contributed by atoms with van der Waals surface area (Å²) in [5.41, 5.74) is -0.0639. The number of rotatable bonds is 3. The summed E-state index contributed by atoms with van der Waals surface area (Å²) in [6.45, 7) is 0. The van der Waals surface area contributed by atoms with E-state index in [1.165, 1.54) is 18.2 Å². The van der Waals surface area contributed by atoms with Crippen LogP contribution in [0.15, 0.2) is 18.2 Å². The first-order valence-electron chi connectivity index (χ1n) is 4.85. The number of hydrogen-bond donors (Lipinski definition) is 1. The third-order valence-electron chi connectivity index (χ3n) is 2.49. The number of nitro groups is 1. The zero-order chi connectivity index (χ0) is 11.7. The smallest absolute Gasteiger partial charge is 0.271 e. The van der Waals surface area contributed by atoms with Crippen LogP contribution < -0.4 is 4.74 Å². The predicted molar refractivity (Wildman–Crippen MR) is 57.8 cm³/mol. The number of aliphatic hydroxyl groups is 1. The minimum atomic E-state index is -0.511. The number of benzene rings is 1. The summed E-state index contributed by atoms with van der Waals surface area (Å²) in [6.07, 6.45) is 0.802. The van der Waals surface area contributed by atoms with E-state index < -0.39 is 4.92 Å². The average molecular weight is 244 g/mol. The Morgan fingerprint density at radius 2 is 2.19 bits per heavy atom. The molecule has 1 aromatic carbocycles. The highest BCUT2D eigenvalue weighted by Crippen LogP contribution is 2.32. The first-order chi connectivity index (χ1) is 7.56. The van der Waals surface area contributed by atoms with Gasteiger partial charge in [0.25, 0.3) is 5.69 Å². The summed E-state index contributed by atoms with van der Waals surface area (Å²) in [5.74, 6) is 0.421. The molecule has 0 saturated heterocycles. The van der Waals surface area contributed by atoms with Crippen molar-refractivity contribution in [2.75, 3.05) is 0 Å². The first kappa shape index (κ1) is 11.2. The van der Waals surface area contributed by atoms with Gasteiger partial charge in [0.2, 0.25) is 0 Å². The molecule has 0 unspecified atom stereocenters. The molecule has 5 nitrogen and oxygen atoms in total. The Labute approximate surface area is 96.7 Å². The first-order valence-corrected chi connectivity index (χ1v) is 5.22. The lowest BCUT2D eigenvalue weighted by Gasteiger charge is -2.31. The highest BCUT2D eigenvalue weighted by Gasteiger charge is 2.29. The number of halogens is 1. The quantitative estimate of drug-likeness (QED) is 0.652. The molecule has 0 amide bonds. The molecule has 1 aliphatic rings. The van der Waals surface area contributed by atoms with E-state index >= 15 is 0 Å². The van der Waals surface area contributed by atoms with Crippen LogP contribution in [0.4, 0.5) is 5.69 Å². The highest BCUT2D eigenvalue weighted by atomic mass is 35.5. The molecule has 6 heteroatoms. The van der Waals surface area contributed by atoms with Crippen molar-refractivity contribution in [3.05, 3.63) is 33.3 Å². The number of nitrogens with zero attached hydrogens (tertiary/aromatic N) is 1. The van der Waals surface area contributed by atoms with Crippen LogP contribution in [0.5, 0.6) is 5.75 Å². The molecule has 0 radical (unpaired) electrons. The number of hydrogen-bond acceptors (Lipinski definition) is 4. The molecule has 16 heavy (non-hydrogen) atoms. The van der Waals surface area contributed by atoms with Crippen LogP contribution >= 0.6 is 11.6 Å². The van der Waals surface area contributed by atoms with E-state index in [4.69, 9.17) is 21.4 Å². The van der Waals surface area contributed by atoms with Crippen LogP contribution in [0.2, 0.25) is 5.02 Å². The molecule has 0 aromatic heterocycles. The molecule has 1 N–H and O–H groups in total. The van der Waals surface area contributed by atoms with Gasteiger partial charge in [-0.2, -0.15) is 0 Å². The van der Waals surface area contributed by atoms with Gasteiger partial charge in [0.1, 0.15) is 11.9 Å². The molecule has 0 heterocycles. The second kappa shape index (κ2) is 4.27.